The Labute approximate surface area is 98.2 Å². The summed E-state index contributed by atoms with van der Waals surface area (Å²) in [6.07, 6.45) is 6.24. The van der Waals surface area contributed by atoms with E-state index in [1.807, 2.05) is 0 Å². The molecule has 0 spiro atoms. The van der Waals surface area contributed by atoms with Crippen LogP contribution in [0.1, 0.15) is 52.4 Å². The molecule has 0 heterocycles. The summed E-state index contributed by atoms with van der Waals surface area (Å²) in [5.41, 5.74) is 6.28. The average molecular weight is 224 g/mol. The van der Waals surface area contributed by atoms with Crippen molar-refractivity contribution < 1.29 is 4.79 Å². The summed E-state index contributed by atoms with van der Waals surface area (Å²) >= 11 is 0. The zero-order chi connectivity index (χ0) is 11.8. The Balaban J connectivity index is 1.72. The van der Waals surface area contributed by atoms with Gasteiger partial charge in [-0.05, 0) is 43.4 Å². The molecule has 2 saturated carbocycles. The van der Waals surface area contributed by atoms with E-state index in [1.54, 1.807) is 0 Å². The molecule has 3 heteroatoms. The molecule has 2 rings (SSSR count). The van der Waals surface area contributed by atoms with Gasteiger partial charge in [0.2, 0.25) is 5.91 Å². The van der Waals surface area contributed by atoms with Crippen LogP contribution in [0.5, 0.6) is 0 Å². The Morgan fingerprint density at radius 1 is 1.31 bits per heavy atom. The van der Waals surface area contributed by atoms with Crippen molar-refractivity contribution in [3.63, 3.8) is 0 Å². The average Bonchev–Trinajstić information content (AvgIpc) is 2.93. The van der Waals surface area contributed by atoms with Crippen molar-refractivity contribution in [3.8, 4) is 0 Å². The van der Waals surface area contributed by atoms with Crippen LogP contribution in [0, 0.1) is 11.3 Å². The fourth-order valence-corrected chi connectivity index (χ4v) is 2.58. The van der Waals surface area contributed by atoms with Crippen molar-refractivity contribution >= 4 is 5.91 Å². The number of carbonyl (C=O) groups is 1. The maximum Gasteiger partial charge on any atom is 0.221 e. The van der Waals surface area contributed by atoms with Crippen LogP contribution >= 0.6 is 0 Å². The summed E-state index contributed by atoms with van der Waals surface area (Å²) in [6.45, 7) is 5.34. The molecule has 0 atom stereocenters. The van der Waals surface area contributed by atoms with E-state index < -0.39 is 0 Å². The van der Waals surface area contributed by atoms with E-state index in [4.69, 9.17) is 5.73 Å². The van der Waals surface area contributed by atoms with Gasteiger partial charge >= 0.3 is 0 Å². The molecule has 16 heavy (non-hydrogen) atoms. The lowest BCUT2D eigenvalue weighted by atomic mass is 9.75. The fourth-order valence-electron chi connectivity index (χ4n) is 2.58. The molecule has 3 nitrogen and oxygen atoms in total. The topological polar surface area (TPSA) is 55.1 Å². The highest BCUT2D eigenvalue weighted by Crippen LogP contribution is 2.51. The third-order valence-electron chi connectivity index (χ3n) is 4.62. The lowest BCUT2D eigenvalue weighted by molar-refractivity contribution is -0.123. The Kier molecular flexibility index (Phi) is 2.99. The van der Waals surface area contributed by atoms with Crippen LogP contribution in [0.15, 0.2) is 0 Å². The molecule has 0 aliphatic heterocycles. The van der Waals surface area contributed by atoms with Gasteiger partial charge in [-0.15, -0.1) is 0 Å². The molecular formula is C13H24N2O. The standard InChI is InChI=1S/C13H24N2O/c1-10(2)12(6-7-12)9-15-11(16)8-13(14)4-3-5-13/h10H,3-9,14H2,1-2H3,(H,15,16). The summed E-state index contributed by atoms with van der Waals surface area (Å²) in [5, 5.41) is 3.07. The first-order valence-electron chi connectivity index (χ1n) is 6.51. The van der Waals surface area contributed by atoms with Gasteiger partial charge in [0.05, 0.1) is 0 Å². The van der Waals surface area contributed by atoms with Crippen molar-refractivity contribution in [2.24, 2.45) is 17.1 Å². The lowest BCUT2D eigenvalue weighted by Crippen LogP contribution is -2.50. The number of hydrogen-bond acceptors (Lipinski definition) is 2. The summed E-state index contributed by atoms with van der Waals surface area (Å²) in [7, 11) is 0. The minimum atomic E-state index is -0.182. The van der Waals surface area contributed by atoms with Crippen molar-refractivity contribution in [1.29, 1.82) is 0 Å². The maximum absolute atomic E-state index is 11.8. The molecule has 0 unspecified atom stereocenters. The molecule has 2 aliphatic carbocycles. The molecule has 0 aromatic rings. The summed E-state index contributed by atoms with van der Waals surface area (Å²) in [6, 6.07) is 0. The van der Waals surface area contributed by atoms with Crippen molar-refractivity contribution in [2.45, 2.75) is 57.9 Å². The van der Waals surface area contributed by atoms with Gasteiger partial charge in [-0.2, -0.15) is 0 Å². The van der Waals surface area contributed by atoms with Crippen LogP contribution < -0.4 is 11.1 Å². The maximum atomic E-state index is 11.8. The van der Waals surface area contributed by atoms with Crippen LogP contribution in [0.4, 0.5) is 0 Å². The van der Waals surface area contributed by atoms with Gasteiger partial charge < -0.3 is 11.1 Å². The number of amides is 1. The molecule has 0 aromatic heterocycles. The third kappa shape index (κ3) is 2.40. The highest BCUT2D eigenvalue weighted by atomic mass is 16.1. The summed E-state index contributed by atoms with van der Waals surface area (Å²) in [4.78, 5) is 11.8. The van der Waals surface area contributed by atoms with E-state index in [0.29, 0.717) is 17.8 Å². The second kappa shape index (κ2) is 4.02. The SMILES string of the molecule is CC(C)C1(CNC(=O)CC2(N)CCC2)CC1. The zero-order valence-electron chi connectivity index (χ0n) is 10.5. The first-order valence-corrected chi connectivity index (χ1v) is 6.51. The van der Waals surface area contributed by atoms with E-state index in [9.17, 15) is 4.79 Å². The molecule has 3 N–H and O–H groups in total. The van der Waals surface area contributed by atoms with Crippen LogP contribution in [-0.2, 0) is 4.79 Å². The highest BCUT2D eigenvalue weighted by molar-refractivity contribution is 5.77. The largest absolute Gasteiger partial charge is 0.355 e. The van der Waals surface area contributed by atoms with Crippen LogP contribution in [0.3, 0.4) is 0 Å². The van der Waals surface area contributed by atoms with Crippen LogP contribution in [0.2, 0.25) is 0 Å². The molecule has 0 bridgehead atoms. The van der Waals surface area contributed by atoms with E-state index >= 15 is 0 Å². The van der Waals surface area contributed by atoms with Gasteiger partial charge in [0.25, 0.3) is 0 Å². The molecule has 1 amide bonds. The molecule has 0 saturated heterocycles. The number of carbonyl (C=O) groups excluding carboxylic acids is 1. The Bertz CT molecular complexity index is 278. The first-order chi connectivity index (χ1) is 7.46. The van der Waals surface area contributed by atoms with Crippen molar-refractivity contribution in [1.82, 2.24) is 5.32 Å². The van der Waals surface area contributed by atoms with E-state index in [0.717, 1.165) is 19.4 Å². The van der Waals surface area contributed by atoms with Crippen molar-refractivity contribution in [3.05, 3.63) is 0 Å². The van der Waals surface area contributed by atoms with Crippen LogP contribution in [0.25, 0.3) is 0 Å². The van der Waals surface area contributed by atoms with E-state index in [-0.39, 0.29) is 11.4 Å². The Morgan fingerprint density at radius 3 is 2.31 bits per heavy atom. The number of nitrogens with two attached hydrogens (primary N) is 1. The molecular weight excluding hydrogens is 200 g/mol. The predicted octanol–water partition coefficient (Wildman–Crippen LogP) is 1.81. The van der Waals surface area contributed by atoms with E-state index in [2.05, 4.69) is 19.2 Å². The van der Waals surface area contributed by atoms with Gasteiger partial charge in [0.1, 0.15) is 0 Å². The lowest BCUT2D eigenvalue weighted by Gasteiger charge is -2.37. The highest BCUT2D eigenvalue weighted by Gasteiger charge is 2.45. The van der Waals surface area contributed by atoms with E-state index in [1.165, 1.54) is 19.3 Å². The first kappa shape index (κ1) is 11.9. The Hall–Kier alpha value is -0.570. The minimum Gasteiger partial charge on any atom is -0.355 e. The number of rotatable bonds is 5. The molecule has 2 aliphatic rings. The summed E-state index contributed by atoms with van der Waals surface area (Å²) < 4.78 is 0. The summed E-state index contributed by atoms with van der Waals surface area (Å²) in [5.74, 6) is 0.817. The second-order valence-electron chi connectivity index (χ2n) is 6.19. The van der Waals surface area contributed by atoms with Gasteiger partial charge in [-0.1, -0.05) is 13.8 Å². The number of hydrogen-bond donors (Lipinski definition) is 2. The quantitative estimate of drug-likeness (QED) is 0.748. The fraction of sp³-hybridized carbons (Fsp3) is 0.923. The van der Waals surface area contributed by atoms with Crippen molar-refractivity contribution in [2.75, 3.05) is 6.54 Å². The molecule has 92 valence electrons. The second-order valence-corrected chi connectivity index (χ2v) is 6.19. The van der Waals surface area contributed by atoms with Gasteiger partial charge in [-0.3, -0.25) is 4.79 Å². The van der Waals surface area contributed by atoms with Gasteiger partial charge in [-0.25, -0.2) is 0 Å². The molecule has 0 radical (unpaired) electrons. The smallest absolute Gasteiger partial charge is 0.221 e. The Morgan fingerprint density at radius 2 is 1.94 bits per heavy atom. The molecule has 0 aromatic carbocycles. The third-order valence-corrected chi connectivity index (χ3v) is 4.62. The van der Waals surface area contributed by atoms with Crippen LogP contribution in [-0.4, -0.2) is 18.0 Å². The van der Waals surface area contributed by atoms with Gasteiger partial charge in [0.15, 0.2) is 0 Å². The predicted molar refractivity (Wildman–Crippen MR) is 64.9 cm³/mol. The zero-order valence-corrected chi connectivity index (χ0v) is 10.5. The monoisotopic (exact) mass is 224 g/mol. The minimum absolute atomic E-state index is 0.147. The molecule has 2 fully saturated rings. The van der Waals surface area contributed by atoms with Gasteiger partial charge in [0, 0.05) is 18.5 Å². The normalized spacial score (nSPS) is 25.0. The number of nitrogens with one attached hydrogen (secondary N) is 1.